The maximum Gasteiger partial charge on any atom is 0.308 e. The second-order valence-electron chi connectivity index (χ2n) is 16.7. The van der Waals surface area contributed by atoms with Crippen molar-refractivity contribution in [2.75, 3.05) is 158 Å². The number of anilines is 1. The van der Waals surface area contributed by atoms with E-state index in [-0.39, 0.29) is 101 Å². The molecule has 1 aliphatic rings. The van der Waals surface area contributed by atoms with E-state index < -0.39 is 47.5 Å². The van der Waals surface area contributed by atoms with Gasteiger partial charge in [-0.05, 0) is 30.5 Å². The second-order valence-corrected chi connectivity index (χ2v) is 16.7. The molecule has 23 nitrogen and oxygen atoms in total. The molecule has 3 N–H and O–H groups in total. The SMILES string of the molecule is COCCOCCOCCOCCOCCOCCOCCOCCN(CC(=O)N[C@H](C(=O)N[C@@H](C)C(=O)Nc1ccc(COC(=O)C(C)C)cc1)C(C)C)C(=O)CCOCCOCCN1C(=O)C=CC1=O.[HH].[HH].[HH]. The first-order valence-electron chi connectivity index (χ1n) is 24.4. The summed E-state index contributed by atoms with van der Waals surface area (Å²) in [6.45, 7) is 14.7. The van der Waals surface area contributed by atoms with Crippen LogP contribution in [0.15, 0.2) is 36.4 Å². The first-order chi connectivity index (χ1) is 34.7. The Hall–Kier alpha value is -4.95. The van der Waals surface area contributed by atoms with E-state index in [0.29, 0.717) is 85.0 Å². The van der Waals surface area contributed by atoms with Crippen molar-refractivity contribution in [3.63, 3.8) is 0 Å². The van der Waals surface area contributed by atoms with Crippen molar-refractivity contribution >= 4 is 47.1 Å². The normalized spacial score (nSPS) is 13.2. The molecule has 0 unspecified atom stereocenters. The zero-order valence-corrected chi connectivity index (χ0v) is 43.0. The van der Waals surface area contributed by atoms with Crippen molar-refractivity contribution in [2.24, 2.45) is 11.8 Å². The molecule has 1 aliphatic heterocycles. The van der Waals surface area contributed by atoms with Crippen LogP contribution < -0.4 is 16.0 Å². The first kappa shape index (κ1) is 63.2. The number of imide groups is 1. The van der Waals surface area contributed by atoms with Crippen molar-refractivity contribution in [1.82, 2.24) is 20.4 Å². The molecule has 0 fully saturated rings. The van der Waals surface area contributed by atoms with Gasteiger partial charge >= 0.3 is 5.97 Å². The van der Waals surface area contributed by atoms with Crippen molar-refractivity contribution < 1.29 is 89.9 Å². The number of carbonyl (C=O) groups is 7. The maximum absolute atomic E-state index is 13.4. The highest BCUT2D eigenvalue weighted by Crippen LogP contribution is 2.13. The van der Waals surface area contributed by atoms with Crippen LogP contribution in [-0.2, 0) is 92.3 Å². The molecule has 0 saturated heterocycles. The second kappa shape index (κ2) is 39.6. The van der Waals surface area contributed by atoms with Crippen LogP contribution in [0.5, 0.6) is 0 Å². The summed E-state index contributed by atoms with van der Waals surface area (Å²) in [5, 5.41) is 8.11. The first-order valence-corrected chi connectivity index (χ1v) is 24.4. The minimum absolute atomic E-state index is 0. The number of hydrogen-bond donors (Lipinski definition) is 3. The van der Waals surface area contributed by atoms with Crippen molar-refractivity contribution in [1.29, 1.82) is 0 Å². The highest BCUT2D eigenvalue weighted by molar-refractivity contribution is 6.12. The number of ether oxygens (including phenoxy) is 11. The molecule has 0 spiro atoms. The van der Waals surface area contributed by atoms with E-state index in [1.165, 1.54) is 24.0 Å². The lowest BCUT2D eigenvalue weighted by Crippen LogP contribution is -2.55. The van der Waals surface area contributed by atoms with Gasteiger partial charge in [0.15, 0.2) is 0 Å². The summed E-state index contributed by atoms with van der Waals surface area (Å²) in [5.74, 6) is -3.85. The molecule has 0 aliphatic carbocycles. The van der Waals surface area contributed by atoms with Gasteiger partial charge in [0, 0.05) is 35.8 Å². The molecule has 0 aromatic heterocycles. The molecular formula is C49H85N5O18. The molecule has 6 amide bonds. The smallest absolute Gasteiger partial charge is 0.308 e. The zero-order valence-electron chi connectivity index (χ0n) is 43.0. The topological polar surface area (TPSA) is 264 Å². The van der Waals surface area contributed by atoms with Crippen molar-refractivity contribution in [2.45, 2.75) is 59.7 Å². The third-order valence-electron chi connectivity index (χ3n) is 10.1. The largest absolute Gasteiger partial charge is 0.461 e. The molecule has 1 aromatic rings. The molecule has 0 saturated carbocycles. The van der Waals surface area contributed by atoms with E-state index in [1.54, 1.807) is 59.1 Å². The van der Waals surface area contributed by atoms with Crippen LogP contribution >= 0.6 is 0 Å². The molecule has 23 heteroatoms. The summed E-state index contributed by atoms with van der Waals surface area (Å²) in [6.07, 6.45) is 2.32. The predicted molar refractivity (Wildman–Crippen MR) is 267 cm³/mol. The lowest BCUT2D eigenvalue weighted by molar-refractivity contribution is -0.148. The summed E-state index contributed by atoms with van der Waals surface area (Å²) in [4.78, 5) is 90.8. The number of hydrogen-bond acceptors (Lipinski definition) is 18. The third-order valence-corrected chi connectivity index (χ3v) is 10.1. The maximum atomic E-state index is 13.4. The number of benzene rings is 1. The molecule has 72 heavy (non-hydrogen) atoms. The van der Waals surface area contributed by atoms with E-state index in [4.69, 9.17) is 52.1 Å². The van der Waals surface area contributed by atoms with Gasteiger partial charge in [0.1, 0.15) is 18.7 Å². The Bertz CT molecular complexity index is 1750. The minimum Gasteiger partial charge on any atom is -0.461 e. The summed E-state index contributed by atoms with van der Waals surface area (Å²) in [6, 6.07) is 4.71. The Labute approximate surface area is 427 Å². The van der Waals surface area contributed by atoms with Crippen molar-refractivity contribution in [3.8, 4) is 0 Å². The molecule has 1 aromatic carbocycles. The molecule has 2 atom stereocenters. The van der Waals surface area contributed by atoms with Gasteiger partial charge in [-0.2, -0.15) is 0 Å². The van der Waals surface area contributed by atoms with Crippen LogP contribution in [0.1, 0.15) is 50.9 Å². The number of carbonyl (C=O) groups excluding carboxylic acids is 7. The fourth-order valence-corrected chi connectivity index (χ4v) is 6.03. The quantitative estimate of drug-likeness (QED) is 0.0477. The van der Waals surface area contributed by atoms with Gasteiger partial charge in [-0.1, -0.05) is 39.8 Å². The third kappa shape index (κ3) is 29.5. The fourth-order valence-electron chi connectivity index (χ4n) is 6.03. The molecule has 2 rings (SSSR count). The molecule has 1 heterocycles. The lowest BCUT2D eigenvalue weighted by atomic mass is 10.0. The Kier molecular flexibility index (Phi) is 34.7. The average Bonchev–Trinajstić information content (AvgIpc) is 3.68. The van der Waals surface area contributed by atoms with Crippen LogP contribution in [0.3, 0.4) is 0 Å². The van der Waals surface area contributed by atoms with Gasteiger partial charge in [0.25, 0.3) is 11.8 Å². The number of nitrogens with zero attached hydrogens (tertiary/aromatic N) is 2. The fraction of sp³-hybridized carbons (Fsp3) is 0.694. The van der Waals surface area contributed by atoms with E-state index in [9.17, 15) is 33.6 Å². The van der Waals surface area contributed by atoms with Gasteiger partial charge in [-0.15, -0.1) is 0 Å². The van der Waals surface area contributed by atoms with Crippen LogP contribution in [-0.4, -0.2) is 216 Å². The number of rotatable bonds is 44. The Morgan fingerprint density at radius 1 is 0.583 bits per heavy atom. The molecule has 0 radical (unpaired) electrons. The number of esters is 1. The van der Waals surface area contributed by atoms with Gasteiger partial charge in [0.2, 0.25) is 23.6 Å². The summed E-state index contributed by atoms with van der Waals surface area (Å²) in [7, 11) is 1.62. The molecular weight excluding hydrogens is 947 g/mol. The highest BCUT2D eigenvalue weighted by atomic mass is 16.6. The zero-order chi connectivity index (χ0) is 52.8. The predicted octanol–water partition coefficient (Wildman–Crippen LogP) is 1.65. The molecule has 414 valence electrons. The Morgan fingerprint density at radius 2 is 1.04 bits per heavy atom. The van der Waals surface area contributed by atoms with E-state index in [2.05, 4.69) is 16.0 Å². The van der Waals surface area contributed by atoms with Crippen LogP contribution in [0.4, 0.5) is 5.69 Å². The summed E-state index contributed by atoms with van der Waals surface area (Å²) >= 11 is 0. The van der Waals surface area contributed by atoms with Crippen molar-refractivity contribution in [3.05, 3.63) is 42.0 Å². The number of amides is 6. The van der Waals surface area contributed by atoms with Gasteiger partial charge in [-0.3, -0.25) is 38.5 Å². The van der Waals surface area contributed by atoms with E-state index in [0.717, 1.165) is 10.5 Å². The number of methoxy groups -OCH3 is 1. The van der Waals surface area contributed by atoms with E-state index >= 15 is 0 Å². The van der Waals surface area contributed by atoms with Crippen LogP contribution in [0.25, 0.3) is 0 Å². The van der Waals surface area contributed by atoms with Crippen LogP contribution in [0, 0.1) is 11.8 Å². The van der Waals surface area contributed by atoms with E-state index in [1.807, 2.05) is 0 Å². The van der Waals surface area contributed by atoms with Gasteiger partial charge in [0.05, 0.1) is 151 Å². The standard InChI is InChI=1S/C49H79N5O18.3H2/c1-37(2)46(48(60)50-39(5)47(59)51-41-9-7-40(8-10-41)36-72-49(61)38(3)4)52-42(55)35-53(43(56)13-16-63-21-22-65-18-15-54-44(57)11-12-45(54)58)14-17-64-23-24-67-27-28-69-31-32-71-34-33-70-30-29-68-26-25-66-20-19-62-6;;;/h7-12,37-39,46H,13-36H2,1-6H3,(H,50,60)(H,51,59)(H,52,55);3*1H/t39-,46-;;;/m0.../s1. The van der Waals surface area contributed by atoms with Gasteiger partial charge < -0.3 is 73.0 Å². The monoisotopic (exact) mass is 1030 g/mol. The summed E-state index contributed by atoms with van der Waals surface area (Å²) < 4.78 is 59.7. The Balaban J connectivity index is 0. The number of nitrogens with one attached hydrogen (secondary N) is 3. The lowest BCUT2D eigenvalue weighted by Gasteiger charge is -2.26. The molecule has 0 bridgehead atoms. The average molecular weight is 1030 g/mol. The van der Waals surface area contributed by atoms with Crippen LogP contribution in [0.2, 0.25) is 0 Å². The highest BCUT2D eigenvalue weighted by Gasteiger charge is 2.29. The minimum atomic E-state index is -1.04. The van der Waals surface area contributed by atoms with Gasteiger partial charge in [-0.25, -0.2) is 0 Å². The summed E-state index contributed by atoms with van der Waals surface area (Å²) in [5.41, 5.74) is 1.20. The Morgan fingerprint density at radius 3 is 1.51 bits per heavy atom.